The summed E-state index contributed by atoms with van der Waals surface area (Å²) in [6.07, 6.45) is 1.40. The van der Waals surface area contributed by atoms with Gasteiger partial charge in [-0.25, -0.2) is 0 Å². The molecule has 1 aliphatic carbocycles. The van der Waals surface area contributed by atoms with E-state index in [1.807, 2.05) is 13.1 Å². The largest absolute Gasteiger partial charge is 0.391 e. The van der Waals surface area contributed by atoms with Crippen molar-refractivity contribution in [3.05, 3.63) is 33.3 Å². The molecule has 19 heavy (non-hydrogen) atoms. The second kappa shape index (κ2) is 6.11. The first kappa shape index (κ1) is 14.6. The fourth-order valence-electron chi connectivity index (χ4n) is 2.71. The minimum atomic E-state index is -0.474. The Labute approximate surface area is 123 Å². The van der Waals surface area contributed by atoms with E-state index in [2.05, 4.69) is 11.0 Å². The van der Waals surface area contributed by atoms with Crippen LogP contribution in [0.2, 0.25) is 10.0 Å². The summed E-state index contributed by atoms with van der Waals surface area (Å²) in [5, 5.41) is 20.0. The lowest BCUT2D eigenvalue weighted by Crippen LogP contribution is -2.31. The monoisotopic (exact) mass is 298 g/mol. The zero-order chi connectivity index (χ0) is 14.0. The topological polar surface area (TPSA) is 47.3 Å². The number of halogens is 2. The van der Waals surface area contributed by atoms with E-state index in [-0.39, 0.29) is 6.04 Å². The molecule has 3 nitrogen and oxygen atoms in total. The van der Waals surface area contributed by atoms with Gasteiger partial charge in [0.25, 0.3) is 0 Å². The molecule has 0 amide bonds. The molecule has 0 bridgehead atoms. The minimum Gasteiger partial charge on any atom is -0.391 e. The first-order valence-electron chi connectivity index (χ1n) is 6.27. The van der Waals surface area contributed by atoms with Gasteiger partial charge in [0.2, 0.25) is 0 Å². The number of fused-ring (bicyclic) bond motifs is 1. The highest BCUT2D eigenvalue weighted by molar-refractivity contribution is 6.35. The van der Waals surface area contributed by atoms with E-state index >= 15 is 0 Å². The molecule has 2 atom stereocenters. The molecule has 0 aliphatic heterocycles. The van der Waals surface area contributed by atoms with Crippen LogP contribution in [0.5, 0.6) is 0 Å². The van der Waals surface area contributed by atoms with Crippen molar-refractivity contribution in [3.63, 3.8) is 0 Å². The number of likely N-dealkylation sites (N-methyl/N-ethyl adjacent to an activating group) is 1. The van der Waals surface area contributed by atoms with Crippen molar-refractivity contribution < 1.29 is 5.11 Å². The van der Waals surface area contributed by atoms with Crippen molar-refractivity contribution >= 4 is 23.2 Å². The Kier molecular flexibility index (Phi) is 4.70. The zero-order valence-corrected chi connectivity index (χ0v) is 12.2. The number of hydrogen-bond donors (Lipinski definition) is 1. The molecule has 0 heterocycles. The summed E-state index contributed by atoms with van der Waals surface area (Å²) in [5.41, 5.74) is 1.99. The summed E-state index contributed by atoms with van der Waals surface area (Å²) in [6, 6.07) is 5.63. The number of nitriles is 1. The van der Waals surface area contributed by atoms with Gasteiger partial charge in [0.15, 0.2) is 0 Å². The highest BCUT2D eigenvalue weighted by atomic mass is 35.5. The van der Waals surface area contributed by atoms with Crippen LogP contribution in [-0.4, -0.2) is 29.7 Å². The fourth-order valence-corrected chi connectivity index (χ4v) is 3.29. The van der Waals surface area contributed by atoms with Gasteiger partial charge in [-0.15, -0.1) is 0 Å². The van der Waals surface area contributed by atoms with Crippen molar-refractivity contribution in [2.24, 2.45) is 0 Å². The van der Waals surface area contributed by atoms with E-state index in [0.29, 0.717) is 22.9 Å². The van der Waals surface area contributed by atoms with Crippen molar-refractivity contribution in [1.82, 2.24) is 4.90 Å². The Morgan fingerprint density at radius 3 is 2.89 bits per heavy atom. The van der Waals surface area contributed by atoms with Crippen LogP contribution in [0.1, 0.15) is 30.0 Å². The summed E-state index contributed by atoms with van der Waals surface area (Å²) in [5.74, 6) is 0. The van der Waals surface area contributed by atoms with Crippen LogP contribution >= 0.6 is 23.2 Å². The van der Waals surface area contributed by atoms with Crippen molar-refractivity contribution in [1.29, 1.82) is 5.26 Å². The molecule has 1 aromatic rings. The third-order valence-corrected chi connectivity index (χ3v) is 4.12. The van der Waals surface area contributed by atoms with Gasteiger partial charge in [-0.3, -0.25) is 4.90 Å². The van der Waals surface area contributed by atoms with E-state index in [1.54, 1.807) is 6.07 Å². The normalized spacial score (nSPS) is 21.5. The van der Waals surface area contributed by atoms with Gasteiger partial charge in [0.1, 0.15) is 0 Å². The van der Waals surface area contributed by atoms with E-state index in [1.165, 1.54) is 0 Å². The Morgan fingerprint density at radius 1 is 1.47 bits per heavy atom. The fraction of sp³-hybridized carbons (Fsp3) is 0.500. The molecule has 5 heteroatoms. The lowest BCUT2D eigenvalue weighted by molar-refractivity contribution is 0.0760. The second-order valence-electron chi connectivity index (χ2n) is 4.91. The number of aliphatic hydroxyl groups is 1. The third kappa shape index (κ3) is 3.04. The van der Waals surface area contributed by atoms with Gasteiger partial charge in [-0.1, -0.05) is 23.2 Å². The van der Waals surface area contributed by atoms with Crippen LogP contribution in [0.3, 0.4) is 0 Å². The Bertz CT molecular complexity index is 513. The van der Waals surface area contributed by atoms with Crippen molar-refractivity contribution in [2.45, 2.75) is 31.4 Å². The molecule has 0 aromatic heterocycles. The molecular formula is C14H16Cl2N2O. The van der Waals surface area contributed by atoms with Gasteiger partial charge in [0.05, 0.1) is 18.2 Å². The Balaban J connectivity index is 2.22. The number of nitrogens with zero attached hydrogens (tertiary/aromatic N) is 2. The van der Waals surface area contributed by atoms with E-state index in [0.717, 1.165) is 24.1 Å². The number of rotatable bonds is 4. The van der Waals surface area contributed by atoms with Gasteiger partial charge >= 0.3 is 0 Å². The molecule has 0 spiro atoms. The predicted molar refractivity (Wildman–Crippen MR) is 76.4 cm³/mol. The van der Waals surface area contributed by atoms with E-state index in [9.17, 15) is 5.11 Å². The van der Waals surface area contributed by atoms with E-state index in [4.69, 9.17) is 28.5 Å². The minimum absolute atomic E-state index is 0.0927. The van der Waals surface area contributed by atoms with Gasteiger partial charge < -0.3 is 5.11 Å². The number of benzene rings is 1. The molecule has 0 saturated heterocycles. The molecule has 1 aliphatic rings. The molecule has 0 saturated carbocycles. The summed E-state index contributed by atoms with van der Waals surface area (Å²) in [4.78, 5) is 2.07. The lowest BCUT2D eigenvalue weighted by Gasteiger charge is -2.27. The molecule has 0 fully saturated rings. The highest BCUT2D eigenvalue weighted by Gasteiger charge is 2.35. The lowest BCUT2D eigenvalue weighted by atomic mass is 10.1. The summed E-state index contributed by atoms with van der Waals surface area (Å²) >= 11 is 12.2. The molecule has 0 radical (unpaired) electrons. The average molecular weight is 299 g/mol. The predicted octanol–water partition coefficient (Wildman–Crippen LogP) is 3.19. The first-order valence-corrected chi connectivity index (χ1v) is 7.03. The van der Waals surface area contributed by atoms with Crippen LogP contribution in [0, 0.1) is 11.3 Å². The molecular weight excluding hydrogens is 283 g/mol. The second-order valence-corrected chi connectivity index (χ2v) is 5.76. The molecule has 1 aromatic carbocycles. The van der Waals surface area contributed by atoms with Crippen LogP contribution in [0.15, 0.2) is 12.1 Å². The summed E-state index contributed by atoms with van der Waals surface area (Å²) < 4.78 is 0. The standard InChI is InChI=1S/C14H16Cl2N2O/c1-18(5-3-2-4-17)14-11-6-9(15)7-12(16)10(11)8-13(14)19/h6-7,13-14,19H,2-3,5,8H2,1H3/t13-,14+/m0/s1. The first-order chi connectivity index (χ1) is 9.04. The average Bonchev–Trinajstić information content (AvgIpc) is 2.66. The van der Waals surface area contributed by atoms with Gasteiger partial charge in [-0.2, -0.15) is 5.26 Å². The Hall–Kier alpha value is -0.790. The number of unbranched alkanes of at least 4 members (excludes halogenated alkanes) is 1. The molecule has 1 N–H and O–H groups in total. The maximum Gasteiger partial charge on any atom is 0.0777 e. The maximum atomic E-state index is 10.2. The van der Waals surface area contributed by atoms with Crippen LogP contribution in [0.25, 0.3) is 0 Å². The number of hydrogen-bond acceptors (Lipinski definition) is 3. The van der Waals surface area contributed by atoms with E-state index < -0.39 is 6.10 Å². The van der Waals surface area contributed by atoms with Gasteiger partial charge in [-0.05, 0) is 43.3 Å². The van der Waals surface area contributed by atoms with Crippen LogP contribution < -0.4 is 0 Å². The number of aliphatic hydroxyl groups excluding tert-OH is 1. The SMILES string of the molecule is CN(CCCC#N)[C@@H]1c2cc(Cl)cc(Cl)c2C[C@@H]1O. The summed E-state index contributed by atoms with van der Waals surface area (Å²) in [7, 11) is 1.95. The highest BCUT2D eigenvalue weighted by Crippen LogP contribution is 2.40. The van der Waals surface area contributed by atoms with Crippen molar-refractivity contribution in [2.75, 3.05) is 13.6 Å². The third-order valence-electron chi connectivity index (χ3n) is 3.57. The maximum absolute atomic E-state index is 10.2. The van der Waals surface area contributed by atoms with Crippen LogP contribution in [0.4, 0.5) is 0 Å². The molecule has 0 unspecified atom stereocenters. The molecule has 2 rings (SSSR count). The summed E-state index contributed by atoms with van der Waals surface area (Å²) in [6.45, 7) is 0.763. The Morgan fingerprint density at radius 2 is 2.21 bits per heavy atom. The smallest absolute Gasteiger partial charge is 0.0777 e. The van der Waals surface area contributed by atoms with Crippen LogP contribution in [-0.2, 0) is 6.42 Å². The molecule has 102 valence electrons. The zero-order valence-electron chi connectivity index (χ0n) is 10.7. The van der Waals surface area contributed by atoms with Crippen molar-refractivity contribution in [3.8, 4) is 6.07 Å². The quantitative estimate of drug-likeness (QED) is 0.869. The van der Waals surface area contributed by atoms with Gasteiger partial charge in [0, 0.05) is 22.9 Å².